The van der Waals surface area contributed by atoms with E-state index in [1.54, 1.807) is 7.11 Å². The molecule has 24 heavy (non-hydrogen) atoms. The van der Waals surface area contributed by atoms with Crippen LogP contribution in [0.25, 0.3) is 0 Å². The quantitative estimate of drug-likeness (QED) is 0.358. The Morgan fingerprint density at radius 1 is 0.792 bits per heavy atom. The summed E-state index contributed by atoms with van der Waals surface area (Å²) in [7, 11) is -6.82. The van der Waals surface area contributed by atoms with E-state index >= 15 is 0 Å². The maximum Gasteiger partial charge on any atom is 0.481 e. The average molecular weight is 413 g/mol. The molecule has 0 saturated heterocycles. The lowest BCUT2D eigenvalue weighted by atomic mass is 10.5. The van der Waals surface area contributed by atoms with Gasteiger partial charge in [-0.2, -0.15) is 0 Å². The van der Waals surface area contributed by atoms with Crippen LogP contribution in [0.2, 0.25) is 58.4 Å². The zero-order valence-corrected chi connectivity index (χ0v) is 21.2. The van der Waals surface area contributed by atoms with Gasteiger partial charge in [-0.3, -0.25) is 0 Å². The van der Waals surface area contributed by atoms with Crippen LogP contribution in [0.5, 0.6) is 0 Å². The molecule has 6 nitrogen and oxygen atoms in total. The standard InChI is InChI=1S/C14H40N2O4Si4/c1-17-24(19-22(5,6)7,14-10-12-16-13-11-15)20-23(8,9)18-21(2,3)4/h16H,10-15H2,1-9H3. The average Bonchev–Trinajstić information content (AvgIpc) is 2.32. The van der Waals surface area contributed by atoms with Gasteiger partial charge in [0.25, 0.3) is 0 Å². The predicted molar refractivity (Wildman–Crippen MR) is 112 cm³/mol. The topological polar surface area (TPSA) is 75.0 Å². The third kappa shape index (κ3) is 12.1. The van der Waals surface area contributed by atoms with E-state index in [2.05, 4.69) is 57.7 Å². The van der Waals surface area contributed by atoms with Gasteiger partial charge in [-0.05, 0) is 65.3 Å². The van der Waals surface area contributed by atoms with Gasteiger partial charge in [0.1, 0.15) is 0 Å². The van der Waals surface area contributed by atoms with Crippen molar-refractivity contribution in [3.8, 4) is 0 Å². The second-order valence-corrected chi connectivity index (χ2v) is 24.4. The van der Waals surface area contributed by atoms with Gasteiger partial charge < -0.3 is 27.8 Å². The molecule has 1 atom stereocenters. The van der Waals surface area contributed by atoms with Crippen molar-refractivity contribution in [2.75, 3.05) is 26.7 Å². The minimum absolute atomic E-state index is 0.652. The maximum absolute atomic E-state index is 6.56. The first-order valence-electron chi connectivity index (χ1n) is 8.81. The minimum Gasteiger partial charge on any atom is -0.437 e. The number of hydrogen-bond acceptors (Lipinski definition) is 6. The van der Waals surface area contributed by atoms with Crippen molar-refractivity contribution in [1.82, 2.24) is 5.32 Å². The van der Waals surface area contributed by atoms with Gasteiger partial charge in [0, 0.05) is 26.2 Å². The Bertz CT molecular complexity index is 362. The molecule has 0 aromatic heterocycles. The minimum atomic E-state index is -2.75. The summed E-state index contributed by atoms with van der Waals surface area (Å²) in [5.41, 5.74) is 5.52. The lowest BCUT2D eigenvalue weighted by Gasteiger charge is -2.41. The summed E-state index contributed by atoms with van der Waals surface area (Å²) in [6.07, 6.45) is 0.946. The van der Waals surface area contributed by atoms with Crippen molar-refractivity contribution in [2.24, 2.45) is 5.73 Å². The van der Waals surface area contributed by atoms with E-state index in [9.17, 15) is 0 Å². The van der Waals surface area contributed by atoms with Gasteiger partial charge in [0.05, 0.1) is 0 Å². The lowest BCUT2D eigenvalue weighted by molar-refractivity contribution is 0.181. The molecule has 0 aliphatic carbocycles. The lowest BCUT2D eigenvalue weighted by Crippen LogP contribution is -2.59. The summed E-state index contributed by atoms with van der Waals surface area (Å²) in [5, 5.41) is 3.32. The third-order valence-corrected chi connectivity index (χ3v) is 15.8. The van der Waals surface area contributed by atoms with E-state index in [-0.39, 0.29) is 0 Å². The van der Waals surface area contributed by atoms with Crippen molar-refractivity contribution in [2.45, 2.75) is 64.8 Å². The molecule has 1 unspecified atom stereocenters. The highest BCUT2D eigenvalue weighted by Gasteiger charge is 2.49. The molecule has 0 amide bonds. The van der Waals surface area contributed by atoms with Crippen molar-refractivity contribution >= 4 is 34.0 Å². The largest absolute Gasteiger partial charge is 0.481 e. The molecule has 0 heterocycles. The van der Waals surface area contributed by atoms with Crippen LogP contribution in [0.3, 0.4) is 0 Å². The molecule has 0 rings (SSSR count). The predicted octanol–water partition coefficient (Wildman–Crippen LogP) is 2.93. The van der Waals surface area contributed by atoms with Crippen LogP contribution in [0, 0.1) is 0 Å². The van der Waals surface area contributed by atoms with E-state index in [0.717, 1.165) is 25.6 Å². The first-order chi connectivity index (χ1) is 10.7. The molecule has 146 valence electrons. The number of nitrogens with two attached hydrogens (primary N) is 1. The Labute approximate surface area is 153 Å². The monoisotopic (exact) mass is 412 g/mol. The van der Waals surface area contributed by atoms with Crippen molar-refractivity contribution in [1.29, 1.82) is 0 Å². The second-order valence-electron chi connectivity index (χ2n) is 8.46. The number of rotatable bonds is 13. The van der Waals surface area contributed by atoms with E-state index in [0.29, 0.717) is 6.54 Å². The summed E-state index contributed by atoms with van der Waals surface area (Å²) in [5.74, 6) is 0. The normalized spacial score (nSPS) is 16.2. The SMILES string of the molecule is CO[Si](CCCNCCN)(O[Si](C)(C)C)O[Si](C)(C)O[Si](C)(C)C. The Morgan fingerprint density at radius 2 is 1.33 bits per heavy atom. The zero-order chi connectivity index (χ0) is 19.1. The molecule has 0 spiro atoms. The van der Waals surface area contributed by atoms with Crippen molar-refractivity contribution in [3.05, 3.63) is 0 Å². The molecule has 0 radical (unpaired) electrons. The van der Waals surface area contributed by atoms with Crippen LogP contribution in [0.15, 0.2) is 0 Å². The van der Waals surface area contributed by atoms with E-state index < -0.39 is 34.0 Å². The van der Waals surface area contributed by atoms with E-state index in [4.69, 9.17) is 22.5 Å². The van der Waals surface area contributed by atoms with Gasteiger partial charge >= 0.3 is 17.4 Å². The Balaban J connectivity index is 5.07. The van der Waals surface area contributed by atoms with Crippen LogP contribution in [0.4, 0.5) is 0 Å². The molecule has 0 aliphatic rings. The molecule has 0 bridgehead atoms. The zero-order valence-electron chi connectivity index (χ0n) is 17.2. The van der Waals surface area contributed by atoms with Gasteiger partial charge in [-0.1, -0.05) is 0 Å². The summed E-state index contributed by atoms with van der Waals surface area (Å²) in [6, 6.07) is 0.802. The molecular weight excluding hydrogens is 373 g/mol. The van der Waals surface area contributed by atoms with Crippen LogP contribution < -0.4 is 11.1 Å². The Kier molecular flexibility index (Phi) is 10.4. The van der Waals surface area contributed by atoms with Gasteiger partial charge in [0.2, 0.25) is 0 Å². The molecule has 0 saturated carbocycles. The Hall–Kier alpha value is 0.628. The van der Waals surface area contributed by atoms with Crippen molar-refractivity contribution < 1.29 is 16.8 Å². The fraction of sp³-hybridized carbons (Fsp3) is 1.00. The van der Waals surface area contributed by atoms with E-state index in [1.165, 1.54) is 0 Å². The molecule has 0 aromatic rings. The molecular formula is C14H40N2O4Si4. The van der Waals surface area contributed by atoms with Crippen LogP contribution in [-0.2, 0) is 16.8 Å². The first kappa shape index (κ1) is 24.6. The Morgan fingerprint density at radius 3 is 1.75 bits per heavy atom. The first-order valence-corrected chi connectivity index (χ1v) is 20.4. The van der Waals surface area contributed by atoms with Crippen LogP contribution in [0.1, 0.15) is 6.42 Å². The molecule has 0 fully saturated rings. The smallest absolute Gasteiger partial charge is 0.437 e. The number of hydrogen-bond donors (Lipinski definition) is 2. The molecule has 10 heteroatoms. The van der Waals surface area contributed by atoms with Gasteiger partial charge in [0.15, 0.2) is 16.6 Å². The highest BCUT2D eigenvalue weighted by atomic mass is 28.5. The summed E-state index contributed by atoms with van der Waals surface area (Å²) < 4.78 is 25.3. The number of nitrogens with one attached hydrogen (secondary N) is 1. The fourth-order valence-electron chi connectivity index (χ4n) is 2.56. The molecule has 0 aromatic carbocycles. The summed E-state index contributed by atoms with van der Waals surface area (Å²) >= 11 is 0. The van der Waals surface area contributed by atoms with Crippen LogP contribution in [-0.4, -0.2) is 60.7 Å². The third-order valence-electron chi connectivity index (χ3n) is 2.88. The van der Waals surface area contributed by atoms with Gasteiger partial charge in [-0.15, -0.1) is 0 Å². The van der Waals surface area contributed by atoms with Crippen LogP contribution >= 0.6 is 0 Å². The molecule has 3 N–H and O–H groups in total. The fourth-order valence-corrected chi connectivity index (χ4v) is 18.6. The second kappa shape index (κ2) is 10.1. The highest BCUT2D eigenvalue weighted by Crippen LogP contribution is 2.28. The van der Waals surface area contributed by atoms with E-state index in [1.807, 2.05) is 0 Å². The summed E-state index contributed by atoms with van der Waals surface area (Å²) in [4.78, 5) is 0. The highest BCUT2D eigenvalue weighted by molar-refractivity contribution is 6.88. The van der Waals surface area contributed by atoms with Gasteiger partial charge in [-0.25, -0.2) is 0 Å². The maximum atomic E-state index is 6.56. The summed E-state index contributed by atoms with van der Waals surface area (Å²) in [6.45, 7) is 19.7. The van der Waals surface area contributed by atoms with Crippen molar-refractivity contribution in [3.63, 3.8) is 0 Å². The molecule has 0 aliphatic heterocycles.